The summed E-state index contributed by atoms with van der Waals surface area (Å²) in [5.74, 6) is -0.140. The third kappa shape index (κ3) is 8.41. The molecule has 0 fully saturated rings. The molecule has 0 saturated heterocycles. The Bertz CT molecular complexity index is 1090. The van der Waals surface area contributed by atoms with Crippen molar-refractivity contribution in [3.8, 4) is 5.75 Å². The molecular formula is C29H41N3O5S. The maximum atomic E-state index is 14.1. The number of thiol groups is 1. The van der Waals surface area contributed by atoms with Gasteiger partial charge in [0.05, 0.1) is 7.11 Å². The van der Waals surface area contributed by atoms with Gasteiger partial charge in [-0.1, -0.05) is 36.8 Å². The lowest BCUT2D eigenvalue weighted by Gasteiger charge is -2.44. The Morgan fingerprint density at radius 2 is 1.55 bits per heavy atom. The van der Waals surface area contributed by atoms with Gasteiger partial charge in [0.2, 0.25) is 5.91 Å². The van der Waals surface area contributed by atoms with Crippen molar-refractivity contribution in [1.82, 2.24) is 10.2 Å². The van der Waals surface area contributed by atoms with Gasteiger partial charge in [-0.2, -0.15) is 12.6 Å². The van der Waals surface area contributed by atoms with Crippen LogP contribution in [0.5, 0.6) is 5.75 Å². The first-order chi connectivity index (χ1) is 17.7. The van der Waals surface area contributed by atoms with Crippen LogP contribution in [0.3, 0.4) is 0 Å². The number of amides is 3. The molecule has 2 atom stereocenters. The zero-order valence-electron chi connectivity index (χ0n) is 23.6. The maximum Gasteiger partial charge on any atom is 0.408 e. The van der Waals surface area contributed by atoms with Crippen LogP contribution in [0, 0.1) is 6.92 Å². The number of hydrogen-bond donors (Lipinski definition) is 3. The van der Waals surface area contributed by atoms with Crippen LogP contribution in [0.2, 0.25) is 0 Å². The van der Waals surface area contributed by atoms with Gasteiger partial charge in [0.1, 0.15) is 23.4 Å². The van der Waals surface area contributed by atoms with Gasteiger partial charge in [0, 0.05) is 17.0 Å². The number of carbonyl (C=O) groups excluding carboxylic acids is 3. The first-order valence-electron chi connectivity index (χ1n) is 12.7. The number of aryl methyl sites for hydroxylation is 1. The summed E-state index contributed by atoms with van der Waals surface area (Å²) >= 11 is 4.35. The van der Waals surface area contributed by atoms with Crippen molar-refractivity contribution in [2.75, 3.05) is 18.2 Å². The maximum absolute atomic E-state index is 14.1. The van der Waals surface area contributed by atoms with Gasteiger partial charge in [-0.25, -0.2) is 4.79 Å². The first-order valence-corrected chi connectivity index (χ1v) is 13.3. The van der Waals surface area contributed by atoms with Gasteiger partial charge in [-0.05, 0) is 77.8 Å². The highest BCUT2D eigenvalue weighted by Crippen LogP contribution is 2.33. The van der Waals surface area contributed by atoms with Crippen molar-refractivity contribution >= 4 is 36.2 Å². The molecule has 0 aromatic heterocycles. The molecule has 0 radical (unpaired) electrons. The van der Waals surface area contributed by atoms with Crippen LogP contribution in [0.25, 0.3) is 0 Å². The van der Waals surface area contributed by atoms with Gasteiger partial charge in [-0.15, -0.1) is 0 Å². The van der Waals surface area contributed by atoms with Crippen LogP contribution >= 0.6 is 12.6 Å². The second-order valence-electron chi connectivity index (χ2n) is 10.8. The summed E-state index contributed by atoms with van der Waals surface area (Å²) in [6, 6.07) is 12.5. The molecule has 0 saturated carbocycles. The van der Waals surface area contributed by atoms with Crippen LogP contribution in [-0.2, 0) is 14.3 Å². The molecule has 0 spiro atoms. The fourth-order valence-corrected chi connectivity index (χ4v) is 4.05. The summed E-state index contributed by atoms with van der Waals surface area (Å²) in [6.07, 6.45) is -0.170. The van der Waals surface area contributed by atoms with Crippen molar-refractivity contribution in [3.05, 3.63) is 59.7 Å². The average Bonchev–Trinajstić information content (AvgIpc) is 2.85. The second-order valence-corrected chi connectivity index (χ2v) is 11.2. The van der Waals surface area contributed by atoms with Gasteiger partial charge < -0.3 is 25.0 Å². The first kappa shape index (κ1) is 31.0. The summed E-state index contributed by atoms with van der Waals surface area (Å²) < 4.78 is 10.6. The topological polar surface area (TPSA) is 97.0 Å². The molecule has 8 nitrogen and oxygen atoms in total. The molecule has 0 aliphatic heterocycles. The van der Waals surface area contributed by atoms with Crippen molar-refractivity contribution in [2.24, 2.45) is 0 Å². The Morgan fingerprint density at radius 3 is 2.03 bits per heavy atom. The predicted octanol–water partition coefficient (Wildman–Crippen LogP) is 5.52. The number of alkyl carbamates (subject to hydrolysis) is 1. The zero-order valence-corrected chi connectivity index (χ0v) is 24.5. The number of carbonyl (C=O) groups is 3. The molecule has 0 bridgehead atoms. The highest BCUT2D eigenvalue weighted by Gasteiger charge is 2.43. The molecule has 2 N–H and O–H groups in total. The Balaban J connectivity index is 2.54. The van der Waals surface area contributed by atoms with Crippen LogP contribution in [0.1, 0.15) is 65.1 Å². The van der Waals surface area contributed by atoms with E-state index >= 15 is 0 Å². The number of benzene rings is 2. The number of hydrogen-bond acceptors (Lipinski definition) is 6. The van der Waals surface area contributed by atoms with E-state index in [0.29, 0.717) is 23.4 Å². The number of ether oxygens (including phenoxy) is 2. The summed E-state index contributed by atoms with van der Waals surface area (Å²) in [4.78, 5) is 42.1. The van der Waals surface area contributed by atoms with E-state index in [1.54, 1.807) is 57.0 Å². The highest BCUT2D eigenvalue weighted by molar-refractivity contribution is 7.80. The predicted molar refractivity (Wildman–Crippen MR) is 154 cm³/mol. The molecule has 2 unspecified atom stereocenters. The standard InChI is InChI=1S/C29H41N3O5S/c1-9-29(6,7)32(26(34)23(18-38)31-27(35)37-28(3,4)5)24(20-12-10-19(2)11-13-20)25(33)30-21-14-16-22(36-8)17-15-21/h10-17,23-24,38H,9,18H2,1-8H3,(H,30,33)(H,31,35). The Hall–Kier alpha value is -3.20. The van der Waals surface area contributed by atoms with E-state index in [1.807, 2.05) is 52.0 Å². The summed E-state index contributed by atoms with van der Waals surface area (Å²) in [7, 11) is 1.57. The van der Waals surface area contributed by atoms with Crippen LogP contribution in [-0.4, -0.2) is 52.9 Å². The molecule has 2 aromatic rings. The van der Waals surface area contributed by atoms with Crippen LogP contribution in [0.15, 0.2) is 48.5 Å². The summed E-state index contributed by atoms with van der Waals surface area (Å²) in [5.41, 5.74) is 0.745. The largest absolute Gasteiger partial charge is 0.497 e. The SMILES string of the molecule is CCC(C)(C)N(C(=O)C(CS)NC(=O)OC(C)(C)C)C(C(=O)Nc1ccc(OC)cc1)c1ccc(C)cc1. The van der Waals surface area contributed by atoms with E-state index in [4.69, 9.17) is 9.47 Å². The van der Waals surface area contributed by atoms with Gasteiger partial charge in [0.15, 0.2) is 0 Å². The quantitative estimate of drug-likeness (QED) is 0.343. The fraction of sp³-hybridized carbons (Fsp3) is 0.483. The van der Waals surface area contributed by atoms with Crippen molar-refractivity contribution < 1.29 is 23.9 Å². The van der Waals surface area contributed by atoms with E-state index < -0.39 is 35.2 Å². The Kier molecular flexibility index (Phi) is 10.6. The lowest BCUT2D eigenvalue weighted by atomic mass is 9.92. The van der Waals surface area contributed by atoms with Crippen molar-refractivity contribution in [3.63, 3.8) is 0 Å². The molecule has 3 amide bonds. The zero-order chi connectivity index (χ0) is 28.7. The van der Waals surface area contributed by atoms with E-state index in [0.717, 1.165) is 5.56 Å². The molecule has 0 aliphatic rings. The molecule has 0 aliphatic carbocycles. The van der Waals surface area contributed by atoms with E-state index in [1.165, 1.54) is 0 Å². The second kappa shape index (κ2) is 13.0. The minimum absolute atomic E-state index is 0.0229. The van der Waals surface area contributed by atoms with Crippen molar-refractivity contribution in [1.29, 1.82) is 0 Å². The lowest BCUT2D eigenvalue weighted by molar-refractivity contribution is -0.147. The molecule has 2 aromatic carbocycles. The number of nitrogens with one attached hydrogen (secondary N) is 2. The molecule has 208 valence electrons. The van der Waals surface area contributed by atoms with Crippen LogP contribution < -0.4 is 15.4 Å². The molecule has 9 heteroatoms. The van der Waals surface area contributed by atoms with E-state index in [9.17, 15) is 14.4 Å². The molecule has 38 heavy (non-hydrogen) atoms. The van der Waals surface area contributed by atoms with Gasteiger partial charge >= 0.3 is 6.09 Å². The minimum atomic E-state index is -1.01. The minimum Gasteiger partial charge on any atom is -0.497 e. The number of methoxy groups -OCH3 is 1. The average molecular weight is 544 g/mol. The third-order valence-corrected chi connectivity index (χ3v) is 6.55. The normalized spacial score (nSPS) is 13.2. The monoisotopic (exact) mass is 543 g/mol. The Labute approximate surface area is 231 Å². The number of anilines is 1. The van der Waals surface area contributed by atoms with Gasteiger partial charge in [0.25, 0.3) is 5.91 Å². The van der Waals surface area contributed by atoms with E-state index in [-0.39, 0.29) is 11.7 Å². The smallest absolute Gasteiger partial charge is 0.408 e. The lowest BCUT2D eigenvalue weighted by Crippen LogP contribution is -2.59. The summed E-state index contributed by atoms with van der Waals surface area (Å²) in [5, 5.41) is 5.59. The van der Waals surface area contributed by atoms with E-state index in [2.05, 4.69) is 23.3 Å². The third-order valence-electron chi connectivity index (χ3n) is 6.18. The molecule has 2 rings (SSSR count). The number of nitrogens with zero attached hydrogens (tertiary/aromatic N) is 1. The van der Waals surface area contributed by atoms with Crippen molar-refractivity contribution in [2.45, 2.75) is 78.1 Å². The Morgan fingerprint density at radius 1 is 0.974 bits per heavy atom. The van der Waals surface area contributed by atoms with Gasteiger partial charge in [-0.3, -0.25) is 9.59 Å². The summed E-state index contributed by atoms with van der Waals surface area (Å²) in [6.45, 7) is 12.9. The highest BCUT2D eigenvalue weighted by atomic mass is 32.1. The van der Waals surface area contributed by atoms with Crippen LogP contribution in [0.4, 0.5) is 10.5 Å². The molecule has 0 heterocycles. The number of rotatable bonds is 10. The fourth-order valence-electron chi connectivity index (χ4n) is 3.80. The molecular weight excluding hydrogens is 502 g/mol.